The maximum atomic E-state index is 13.9. The fourth-order valence-electron chi connectivity index (χ4n) is 5.75. The van der Waals surface area contributed by atoms with Crippen LogP contribution in [0.1, 0.15) is 90.3 Å². The number of halogens is 3. The largest absolute Gasteiger partial charge is 0.445 e. The first-order valence-corrected chi connectivity index (χ1v) is 24.1. The van der Waals surface area contributed by atoms with Crippen LogP contribution < -0.4 is 15.4 Å². The van der Waals surface area contributed by atoms with E-state index in [-0.39, 0.29) is 31.3 Å². The van der Waals surface area contributed by atoms with Crippen LogP contribution in [-0.2, 0) is 38.5 Å². The molecule has 0 bridgehead atoms. The quantitative estimate of drug-likeness (QED) is 0.0773. The summed E-state index contributed by atoms with van der Waals surface area (Å²) in [4.78, 5) is 17.8. The molecule has 1 saturated carbocycles. The molecule has 1 amide bonds. The lowest BCUT2D eigenvalue weighted by Crippen LogP contribution is -2.46. The molecule has 1 heterocycles. The zero-order chi connectivity index (χ0) is 40.8. The lowest BCUT2D eigenvalue weighted by atomic mass is 9.99. The predicted molar refractivity (Wildman–Crippen MR) is 216 cm³/mol. The Labute approximate surface area is 328 Å². The Hall–Kier alpha value is -2.82. The van der Waals surface area contributed by atoms with Gasteiger partial charge in [-0.2, -0.15) is 13.2 Å². The normalized spacial score (nSPS) is 16.6. The summed E-state index contributed by atoms with van der Waals surface area (Å²) in [6, 6.07) is 15.3. The number of alkyl carbamates (subject to hydrolysis) is 1. The zero-order valence-electron chi connectivity index (χ0n) is 34.1. The van der Waals surface area contributed by atoms with Crippen LogP contribution in [0.3, 0.4) is 0 Å². The number of imidazole rings is 1. The van der Waals surface area contributed by atoms with Crippen LogP contribution in [0.15, 0.2) is 48.5 Å². The molecular weight excluding hydrogens is 748 g/mol. The van der Waals surface area contributed by atoms with Gasteiger partial charge in [0.25, 0.3) is 0 Å². The van der Waals surface area contributed by atoms with Crippen LogP contribution in [-0.4, -0.2) is 70.3 Å². The molecule has 1 aromatic heterocycles. The number of carbonyl (C=O) groups is 1. The van der Waals surface area contributed by atoms with Gasteiger partial charge in [-0.05, 0) is 88.6 Å². The van der Waals surface area contributed by atoms with Gasteiger partial charge in [-0.15, -0.1) is 0 Å². The van der Waals surface area contributed by atoms with Gasteiger partial charge < -0.3 is 29.4 Å². The highest BCUT2D eigenvalue weighted by Gasteiger charge is 2.49. The summed E-state index contributed by atoms with van der Waals surface area (Å²) in [6.07, 6.45) is -2.99. The minimum Gasteiger partial charge on any atom is -0.445 e. The van der Waals surface area contributed by atoms with Crippen molar-refractivity contribution in [2.24, 2.45) is 11.8 Å². The fraction of sp³-hybridized carbons (Fsp3) is 0.650. The Balaban J connectivity index is 1.63. The van der Waals surface area contributed by atoms with Crippen molar-refractivity contribution in [3.8, 4) is 0 Å². The Bertz CT molecular complexity index is 1720. The molecule has 1 fully saturated rings. The topological polar surface area (TPSA) is 116 Å². The van der Waals surface area contributed by atoms with E-state index >= 15 is 0 Å². The van der Waals surface area contributed by atoms with Crippen molar-refractivity contribution in [3.63, 3.8) is 0 Å². The zero-order valence-corrected chi connectivity index (χ0v) is 36.0. The predicted octanol–water partition coefficient (Wildman–Crippen LogP) is 8.79. The summed E-state index contributed by atoms with van der Waals surface area (Å²) in [5, 5.41) is 6.74. The number of alkyl halides is 3. The van der Waals surface area contributed by atoms with E-state index in [1.807, 2.05) is 53.1 Å². The van der Waals surface area contributed by atoms with E-state index in [1.165, 1.54) is 0 Å². The van der Waals surface area contributed by atoms with Gasteiger partial charge in [0.05, 0.1) is 33.4 Å². The van der Waals surface area contributed by atoms with Crippen LogP contribution in [0, 0.1) is 11.8 Å². The molecule has 15 heteroatoms. The molecule has 1 aliphatic rings. The van der Waals surface area contributed by atoms with Gasteiger partial charge in [-0.3, -0.25) is 0 Å². The Kier molecular flexibility index (Phi) is 15.2. The van der Waals surface area contributed by atoms with Crippen molar-refractivity contribution in [3.05, 3.63) is 65.5 Å². The molecule has 3 aromatic rings. The third kappa shape index (κ3) is 13.4. The van der Waals surface area contributed by atoms with Gasteiger partial charge >= 0.3 is 12.3 Å². The number of amides is 1. The SMILES string of the molecule is CC(C)[C@H](CN[C@@H](c1ccc2c(c1)nc([C@H](COC(C)(C)C(F)(F)F)N[S@](=O)C(C)(C)C)n2COCC[Si](C)(C)C)C1CC1)NC(=O)OCc1ccccc1. The molecule has 308 valence electrons. The van der Waals surface area contributed by atoms with Crippen LogP contribution in [0.25, 0.3) is 11.0 Å². The molecule has 0 spiro atoms. The number of hydrogen-bond acceptors (Lipinski definition) is 7. The molecular formula is C40H62F3N5O5SSi. The summed E-state index contributed by atoms with van der Waals surface area (Å²) >= 11 is 0. The van der Waals surface area contributed by atoms with E-state index in [1.54, 1.807) is 20.8 Å². The lowest BCUT2D eigenvalue weighted by Gasteiger charge is -2.31. The van der Waals surface area contributed by atoms with Crippen molar-refractivity contribution in [1.29, 1.82) is 0 Å². The second-order valence-corrected chi connectivity index (χ2v) is 25.3. The first-order chi connectivity index (χ1) is 25.6. The Morgan fingerprint density at radius 2 is 1.71 bits per heavy atom. The summed E-state index contributed by atoms with van der Waals surface area (Å²) in [7, 11) is -3.06. The monoisotopic (exact) mass is 809 g/mol. The number of ether oxygens (including phenoxy) is 3. The first-order valence-electron chi connectivity index (χ1n) is 19.2. The number of hydrogen-bond donors (Lipinski definition) is 3. The van der Waals surface area contributed by atoms with Crippen LogP contribution >= 0.6 is 0 Å². The van der Waals surface area contributed by atoms with Crippen LogP contribution in [0.5, 0.6) is 0 Å². The summed E-state index contributed by atoms with van der Waals surface area (Å²) in [6.45, 7) is 19.1. The van der Waals surface area contributed by atoms with Gasteiger partial charge in [0.15, 0.2) is 5.60 Å². The third-order valence-electron chi connectivity index (χ3n) is 9.76. The maximum Gasteiger partial charge on any atom is 0.416 e. The van der Waals surface area contributed by atoms with Crippen molar-refractivity contribution in [1.82, 2.24) is 24.9 Å². The molecule has 0 unspecified atom stereocenters. The van der Waals surface area contributed by atoms with Gasteiger partial charge in [0.2, 0.25) is 0 Å². The molecule has 2 aromatic carbocycles. The maximum absolute atomic E-state index is 13.9. The second kappa shape index (κ2) is 18.6. The molecule has 55 heavy (non-hydrogen) atoms. The number of rotatable bonds is 20. The van der Waals surface area contributed by atoms with E-state index in [4.69, 9.17) is 19.2 Å². The highest BCUT2D eigenvalue weighted by Crippen LogP contribution is 2.42. The minimum absolute atomic E-state index is 0.0207. The number of nitrogens with one attached hydrogen (secondary N) is 3. The fourth-order valence-corrected chi connectivity index (χ4v) is 7.29. The molecule has 10 nitrogen and oxygen atoms in total. The lowest BCUT2D eigenvalue weighted by molar-refractivity contribution is -0.265. The van der Waals surface area contributed by atoms with E-state index in [2.05, 4.69) is 48.8 Å². The molecule has 0 saturated heterocycles. The summed E-state index contributed by atoms with van der Waals surface area (Å²) < 4.78 is 76.6. The molecule has 4 atom stereocenters. The molecule has 3 N–H and O–H groups in total. The van der Waals surface area contributed by atoms with Crippen molar-refractivity contribution >= 4 is 36.2 Å². The third-order valence-corrected chi connectivity index (χ3v) is 13.1. The van der Waals surface area contributed by atoms with E-state index in [0.29, 0.717) is 30.4 Å². The molecule has 0 radical (unpaired) electrons. The smallest absolute Gasteiger partial charge is 0.416 e. The number of fused-ring (bicyclic) bond motifs is 1. The number of nitrogens with zero attached hydrogens (tertiary/aromatic N) is 2. The molecule has 1 aliphatic carbocycles. The Morgan fingerprint density at radius 1 is 1.04 bits per heavy atom. The van der Waals surface area contributed by atoms with E-state index < -0.39 is 54.3 Å². The van der Waals surface area contributed by atoms with Gasteiger partial charge in [0, 0.05) is 33.3 Å². The van der Waals surface area contributed by atoms with Crippen molar-refractivity contribution in [2.45, 2.75) is 135 Å². The summed E-state index contributed by atoms with van der Waals surface area (Å²) in [5.74, 6) is 0.902. The molecule has 0 aliphatic heterocycles. The average molecular weight is 810 g/mol. The van der Waals surface area contributed by atoms with Gasteiger partial charge in [-0.1, -0.05) is 69.9 Å². The highest BCUT2D eigenvalue weighted by molar-refractivity contribution is 7.84. The minimum atomic E-state index is -4.62. The highest BCUT2D eigenvalue weighted by atomic mass is 32.2. The average Bonchev–Trinajstić information content (AvgIpc) is 3.86. The standard InChI is InChI=1S/C40H62F3N5O5SSi/c1-27(2)32(46-37(49)52-24-28-14-12-11-13-15-28)23-44-35(29-16-17-29)30-18-19-34-31(22-30)45-36(48(34)26-51-20-21-55(8,9)10)33(47-54(50)38(3,4)5)25-53-39(6,7)40(41,42)43/h11-15,18-19,22,27,29,32-33,35,44,47H,16-17,20-21,23-26H2,1-10H3,(H,46,49)/t32-,33-,35+,54+/m0/s1. The van der Waals surface area contributed by atoms with Crippen LogP contribution in [0.2, 0.25) is 25.7 Å². The van der Waals surface area contributed by atoms with Crippen molar-refractivity contribution < 1.29 is 36.4 Å². The number of benzene rings is 2. The Morgan fingerprint density at radius 3 is 2.29 bits per heavy atom. The number of aromatic nitrogens is 2. The molecule has 4 rings (SSSR count). The number of carbonyl (C=O) groups excluding carboxylic acids is 1. The van der Waals surface area contributed by atoms with Gasteiger partial charge in [0.1, 0.15) is 25.2 Å². The summed E-state index contributed by atoms with van der Waals surface area (Å²) in [5.41, 5.74) is 0.857. The van der Waals surface area contributed by atoms with Crippen LogP contribution in [0.4, 0.5) is 18.0 Å². The first kappa shape index (κ1) is 44.9. The van der Waals surface area contributed by atoms with E-state index in [0.717, 1.165) is 49.4 Å². The second-order valence-electron chi connectivity index (χ2n) is 17.6. The van der Waals surface area contributed by atoms with Gasteiger partial charge in [-0.25, -0.2) is 18.7 Å². The van der Waals surface area contributed by atoms with Crippen molar-refractivity contribution in [2.75, 3.05) is 19.8 Å². The van der Waals surface area contributed by atoms with E-state index in [9.17, 15) is 22.2 Å².